The first-order valence-electron chi connectivity index (χ1n) is 10.4. The third-order valence-corrected chi connectivity index (χ3v) is 5.82. The zero-order valence-corrected chi connectivity index (χ0v) is 18.1. The minimum atomic E-state index is -0.458. The number of H-pyrrole nitrogens is 1. The molecular weight excluding hydrogens is 420 g/mol. The van der Waals surface area contributed by atoms with Crippen molar-refractivity contribution in [3.05, 3.63) is 89.4 Å². The van der Waals surface area contributed by atoms with Crippen LogP contribution >= 0.6 is 0 Å². The van der Waals surface area contributed by atoms with Crippen molar-refractivity contribution >= 4 is 5.91 Å². The molecule has 0 saturated heterocycles. The molecule has 8 nitrogen and oxygen atoms in total. The van der Waals surface area contributed by atoms with E-state index in [0.29, 0.717) is 40.6 Å². The van der Waals surface area contributed by atoms with Gasteiger partial charge in [-0.15, -0.1) is 0 Å². The fraction of sp³-hybridized carbons (Fsp3) is 0.160. The van der Waals surface area contributed by atoms with Crippen molar-refractivity contribution < 1.29 is 19.4 Å². The van der Waals surface area contributed by atoms with Gasteiger partial charge in [0.1, 0.15) is 17.1 Å². The van der Waals surface area contributed by atoms with E-state index in [1.54, 1.807) is 49.7 Å². The molecule has 2 N–H and O–H groups in total. The van der Waals surface area contributed by atoms with Gasteiger partial charge in [0.25, 0.3) is 5.91 Å². The van der Waals surface area contributed by atoms with Gasteiger partial charge < -0.3 is 19.5 Å². The predicted molar refractivity (Wildman–Crippen MR) is 121 cm³/mol. The standard InChI is InChI=1S/C25H22N4O4/c1-32-19-10-9-16(12-20(19)33-2)24-21-22(17-7-3-4-8-18(17)30)27-28-23(21)25(31)29(24)14-15-6-5-11-26-13-15/h3-13,24,30H,14H2,1-2H3,(H,27,28)/t24-/m1/s1. The maximum absolute atomic E-state index is 13.5. The Bertz CT molecular complexity index is 1320. The van der Waals surface area contributed by atoms with Crippen molar-refractivity contribution in [1.82, 2.24) is 20.1 Å². The summed E-state index contributed by atoms with van der Waals surface area (Å²) < 4.78 is 10.9. The molecule has 1 amide bonds. The van der Waals surface area contributed by atoms with Crippen LogP contribution in [0, 0.1) is 0 Å². The number of aromatic nitrogens is 3. The Morgan fingerprint density at radius 1 is 1.06 bits per heavy atom. The van der Waals surface area contributed by atoms with Crippen molar-refractivity contribution in [1.29, 1.82) is 0 Å². The highest BCUT2D eigenvalue weighted by atomic mass is 16.5. The van der Waals surface area contributed by atoms with Crippen LogP contribution in [0.1, 0.15) is 33.2 Å². The van der Waals surface area contributed by atoms with Crippen molar-refractivity contribution in [2.24, 2.45) is 0 Å². The molecule has 5 rings (SSSR count). The summed E-state index contributed by atoms with van der Waals surface area (Å²) in [6.45, 7) is 0.356. The quantitative estimate of drug-likeness (QED) is 0.469. The van der Waals surface area contributed by atoms with Crippen LogP contribution in [-0.2, 0) is 6.54 Å². The molecule has 0 unspecified atom stereocenters. The maximum Gasteiger partial charge on any atom is 0.273 e. The summed E-state index contributed by atoms with van der Waals surface area (Å²) in [5.74, 6) is 1.07. The van der Waals surface area contributed by atoms with E-state index in [1.807, 2.05) is 36.4 Å². The van der Waals surface area contributed by atoms with Gasteiger partial charge in [-0.05, 0) is 41.5 Å². The molecule has 1 aliphatic heterocycles. The number of methoxy groups -OCH3 is 2. The van der Waals surface area contributed by atoms with E-state index in [-0.39, 0.29) is 11.7 Å². The number of aromatic hydroxyl groups is 1. The van der Waals surface area contributed by atoms with Crippen LogP contribution in [0.15, 0.2) is 67.0 Å². The molecule has 0 radical (unpaired) electrons. The number of hydrogen-bond donors (Lipinski definition) is 2. The first-order chi connectivity index (χ1) is 16.1. The van der Waals surface area contributed by atoms with Crippen molar-refractivity contribution in [3.63, 3.8) is 0 Å². The van der Waals surface area contributed by atoms with Crippen LogP contribution in [0.5, 0.6) is 17.2 Å². The first kappa shape index (κ1) is 20.6. The van der Waals surface area contributed by atoms with E-state index < -0.39 is 6.04 Å². The first-order valence-corrected chi connectivity index (χ1v) is 10.4. The van der Waals surface area contributed by atoms with E-state index >= 15 is 0 Å². The lowest BCUT2D eigenvalue weighted by Gasteiger charge is -2.27. The number of fused-ring (bicyclic) bond motifs is 1. The van der Waals surface area contributed by atoms with Crippen molar-refractivity contribution in [2.75, 3.05) is 14.2 Å². The molecule has 3 heterocycles. The molecule has 1 atom stereocenters. The van der Waals surface area contributed by atoms with E-state index in [9.17, 15) is 9.90 Å². The predicted octanol–water partition coefficient (Wildman–Crippen LogP) is 3.94. The molecule has 166 valence electrons. The molecule has 4 aromatic rings. The van der Waals surface area contributed by atoms with Gasteiger partial charge in [0.2, 0.25) is 0 Å². The Morgan fingerprint density at radius 3 is 2.61 bits per heavy atom. The van der Waals surface area contributed by atoms with Gasteiger partial charge in [-0.25, -0.2) is 0 Å². The lowest BCUT2D eigenvalue weighted by atomic mass is 9.95. The number of carbonyl (C=O) groups excluding carboxylic acids is 1. The molecule has 0 spiro atoms. The molecule has 0 bridgehead atoms. The number of rotatable bonds is 6. The summed E-state index contributed by atoms with van der Waals surface area (Å²) >= 11 is 0. The Hall–Kier alpha value is -4.33. The van der Waals surface area contributed by atoms with Crippen LogP contribution in [-0.4, -0.2) is 45.3 Å². The summed E-state index contributed by atoms with van der Waals surface area (Å²) in [6.07, 6.45) is 3.44. The zero-order valence-electron chi connectivity index (χ0n) is 18.1. The summed E-state index contributed by atoms with van der Waals surface area (Å²) in [4.78, 5) is 19.5. The number of hydrogen-bond acceptors (Lipinski definition) is 6. The highest BCUT2D eigenvalue weighted by Crippen LogP contribution is 2.46. The number of nitrogens with zero attached hydrogens (tertiary/aromatic N) is 3. The van der Waals surface area contributed by atoms with Crippen molar-refractivity contribution in [2.45, 2.75) is 12.6 Å². The third kappa shape index (κ3) is 3.45. The van der Waals surface area contributed by atoms with Gasteiger partial charge in [-0.1, -0.05) is 24.3 Å². The molecule has 33 heavy (non-hydrogen) atoms. The Labute approximate surface area is 190 Å². The van der Waals surface area contributed by atoms with Gasteiger partial charge in [0, 0.05) is 30.1 Å². The second-order valence-electron chi connectivity index (χ2n) is 7.69. The molecule has 2 aromatic carbocycles. The van der Waals surface area contributed by atoms with Crippen LogP contribution in [0.3, 0.4) is 0 Å². The minimum Gasteiger partial charge on any atom is -0.507 e. The number of nitrogens with one attached hydrogen (secondary N) is 1. The normalized spacial score (nSPS) is 14.9. The molecule has 1 aliphatic rings. The molecule has 8 heteroatoms. The van der Waals surface area contributed by atoms with E-state index in [2.05, 4.69) is 15.2 Å². The minimum absolute atomic E-state index is 0.0935. The zero-order chi connectivity index (χ0) is 22.9. The SMILES string of the molecule is COc1ccc([C@@H]2c3c(-c4ccccc4O)n[nH]c3C(=O)N2Cc2cccnc2)cc1OC. The van der Waals surface area contributed by atoms with Gasteiger partial charge in [-0.2, -0.15) is 5.10 Å². The summed E-state index contributed by atoms with van der Waals surface area (Å²) in [7, 11) is 3.15. The van der Waals surface area contributed by atoms with Crippen LogP contribution in [0.4, 0.5) is 0 Å². The Balaban J connectivity index is 1.69. The van der Waals surface area contributed by atoms with Gasteiger partial charge in [-0.3, -0.25) is 14.9 Å². The number of ether oxygens (including phenoxy) is 2. The van der Waals surface area contributed by atoms with Crippen LogP contribution in [0.2, 0.25) is 0 Å². The largest absolute Gasteiger partial charge is 0.507 e. The van der Waals surface area contributed by atoms with Gasteiger partial charge >= 0.3 is 0 Å². The number of pyridine rings is 1. The molecule has 0 fully saturated rings. The van der Waals surface area contributed by atoms with Crippen LogP contribution < -0.4 is 9.47 Å². The second kappa shape index (κ2) is 8.31. The Kier molecular flexibility index (Phi) is 5.18. The number of amides is 1. The summed E-state index contributed by atoms with van der Waals surface area (Å²) in [5.41, 5.74) is 3.93. The monoisotopic (exact) mass is 442 g/mol. The van der Waals surface area contributed by atoms with Crippen molar-refractivity contribution in [3.8, 4) is 28.5 Å². The number of benzene rings is 2. The average molecular weight is 442 g/mol. The highest BCUT2D eigenvalue weighted by Gasteiger charge is 2.42. The third-order valence-electron chi connectivity index (χ3n) is 5.82. The van der Waals surface area contributed by atoms with E-state index in [4.69, 9.17) is 9.47 Å². The molecular formula is C25H22N4O4. The lowest BCUT2D eigenvalue weighted by molar-refractivity contribution is 0.0729. The van der Waals surface area contributed by atoms with Gasteiger partial charge in [0.15, 0.2) is 11.5 Å². The van der Waals surface area contributed by atoms with E-state index in [0.717, 1.165) is 11.1 Å². The lowest BCUT2D eigenvalue weighted by Crippen LogP contribution is -2.29. The smallest absolute Gasteiger partial charge is 0.273 e. The summed E-state index contributed by atoms with van der Waals surface area (Å²) in [5, 5.41) is 17.8. The van der Waals surface area contributed by atoms with E-state index in [1.165, 1.54) is 0 Å². The van der Waals surface area contributed by atoms with Crippen LogP contribution in [0.25, 0.3) is 11.3 Å². The highest BCUT2D eigenvalue weighted by molar-refractivity contribution is 6.00. The number of carbonyl (C=O) groups is 1. The number of para-hydroxylation sites is 1. The number of aromatic amines is 1. The fourth-order valence-corrected chi connectivity index (χ4v) is 4.30. The molecule has 0 saturated carbocycles. The fourth-order valence-electron chi connectivity index (χ4n) is 4.30. The average Bonchev–Trinajstić information content (AvgIpc) is 3.39. The number of phenols is 1. The molecule has 0 aliphatic carbocycles. The Morgan fingerprint density at radius 2 is 1.88 bits per heavy atom. The number of phenolic OH excluding ortho intramolecular Hbond substituents is 1. The maximum atomic E-state index is 13.5. The molecule has 2 aromatic heterocycles. The second-order valence-corrected chi connectivity index (χ2v) is 7.69. The topological polar surface area (TPSA) is 101 Å². The van der Waals surface area contributed by atoms with Gasteiger partial charge in [0.05, 0.1) is 20.3 Å². The summed E-state index contributed by atoms with van der Waals surface area (Å²) in [6, 6.07) is 15.9.